The fourth-order valence-corrected chi connectivity index (χ4v) is 1.63. The highest BCUT2D eigenvalue weighted by molar-refractivity contribution is 5.73. The van der Waals surface area contributed by atoms with E-state index in [2.05, 4.69) is 10.1 Å². The molecule has 0 radical (unpaired) electrons. The molecule has 2 aromatic rings. The highest BCUT2D eigenvalue weighted by atomic mass is 16.5. The predicted octanol–water partition coefficient (Wildman–Crippen LogP) is 2.10. The van der Waals surface area contributed by atoms with Crippen LogP contribution in [-0.4, -0.2) is 27.5 Å². The number of carbonyl (C=O) groups excluding carboxylic acids is 1. The van der Waals surface area contributed by atoms with E-state index in [1.165, 1.54) is 6.92 Å². The van der Waals surface area contributed by atoms with E-state index in [9.17, 15) is 4.79 Å². The molecule has 0 atom stereocenters. The molecule has 18 heavy (non-hydrogen) atoms. The summed E-state index contributed by atoms with van der Waals surface area (Å²) in [6.45, 7) is 4.41. The average molecular weight is 245 g/mol. The quantitative estimate of drug-likeness (QED) is 0.827. The number of aromatic nitrogens is 2. The molecule has 0 aliphatic carbocycles. The maximum Gasteiger partial charge on any atom is 0.246 e. The van der Waals surface area contributed by atoms with Crippen LogP contribution < -0.4 is 0 Å². The Morgan fingerprint density at radius 3 is 2.67 bits per heavy atom. The molecular weight excluding hydrogens is 230 g/mol. The SMILES string of the molecule is CCN(Cc1nc(-c2ccccc2)no1)C(C)=O. The van der Waals surface area contributed by atoms with Crippen LogP contribution in [0.1, 0.15) is 19.7 Å². The van der Waals surface area contributed by atoms with E-state index >= 15 is 0 Å². The molecular formula is C13H15N3O2. The second-order valence-electron chi connectivity index (χ2n) is 3.91. The molecule has 0 aliphatic rings. The normalized spacial score (nSPS) is 10.3. The summed E-state index contributed by atoms with van der Waals surface area (Å²) in [4.78, 5) is 17.2. The first-order valence-corrected chi connectivity index (χ1v) is 5.84. The zero-order valence-corrected chi connectivity index (χ0v) is 10.5. The lowest BCUT2D eigenvalue weighted by Crippen LogP contribution is -2.27. The van der Waals surface area contributed by atoms with Gasteiger partial charge >= 0.3 is 0 Å². The zero-order valence-electron chi connectivity index (χ0n) is 10.5. The van der Waals surface area contributed by atoms with Gasteiger partial charge in [0.05, 0.1) is 6.54 Å². The van der Waals surface area contributed by atoms with Gasteiger partial charge in [0.2, 0.25) is 17.6 Å². The topological polar surface area (TPSA) is 59.2 Å². The minimum absolute atomic E-state index is 0.00281. The molecule has 0 spiro atoms. The van der Waals surface area contributed by atoms with E-state index in [0.717, 1.165) is 5.56 Å². The molecule has 2 rings (SSSR count). The van der Waals surface area contributed by atoms with Gasteiger partial charge in [-0.3, -0.25) is 4.79 Å². The second kappa shape index (κ2) is 5.44. The summed E-state index contributed by atoms with van der Waals surface area (Å²) in [6, 6.07) is 9.59. The number of carbonyl (C=O) groups is 1. The number of hydrogen-bond donors (Lipinski definition) is 0. The van der Waals surface area contributed by atoms with Crippen LogP contribution in [0.5, 0.6) is 0 Å². The van der Waals surface area contributed by atoms with E-state index in [4.69, 9.17) is 4.52 Å². The Balaban J connectivity index is 2.14. The third-order valence-electron chi connectivity index (χ3n) is 2.65. The molecule has 0 unspecified atom stereocenters. The molecule has 0 aliphatic heterocycles. The van der Waals surface area contributed by atoms with Crippen molar-refractivity contribution < 1.29 is 9.32 Å². The first-order chi connectivity index (χ1) is 8.70. The van der Waals surface area contributed by atoms with E-state index in [-0.39, 0.29) is 5.91 Å². The van der Waals surface area contributed by atoms with Crippen LogP contribution in [0.4, 0.5) is 0 Å². The Morgan fingerprint density at radius 2 is 2.06 bits per heavy atom. The minimum Gasteiger partial charge on any atom is -0.337 e. The molecule has 1 aromatic carbocycles. The number of rotatable bonds is 4. The van der Waals surface area contributed by atoms with Crippen LogP contribution in [-0.2, 0) is 11.3 Å². The van der Waals surface area contributed by atoms with Crippen molar-refractivity contribution in [3.05, 3.63) is 36.2 Å². The third kappa shape index (κ3) is 2.74. The highest BCUT2D eigenvalue weighted by Gasteiger charge is 2.13. The van der Waals surface area contributed by atoms with Crippen molar-refractivity contribution in [2.75, 3.05) is 6.54 Å². The zero-order chi connectivity index (χ0) is 13.0. The summed E-state index contributed by atoms with van der Waals surface area (Å²) in [5, 5.41) is 3.91. The monoisotopic (exact) mass is 245 g/mol. The van der Waals surface area contributed by atoms with E-state index < -0.39 is 0 Å². The van der Waals surface area contributed by atoms with E-state index in [1.807, 2.05) is 37.3 Å². The molecule has 0 bridgehead atoms. The lowest BCUT2D eigenvalue weighted by molar-refractivity contribution is -0.129. The summed E-state index contributed by atoms with van der Waals surface area (Å²) in [5.41, 5.74) is 0.901. The molecule has 5 nitrogen and oxygen atoms in total. The number of nitrogens with zero attached hydrogens (tertiary/aromatic N) is 3. The molecule has 1 aromatic heterocycles. The van der Waals surface area contributed by atoms with Crippen molar-refractivity contribution in [3.63, 3.8) is 0 Å². The Bertz CT molecular complexity index is 522. The van der Waals surface area contributed by atoms with Gasteiger partial charge in [0, 0.05) is 19.0 Å². The maximum atomic E-state index is 11.3. The van der Waals surface area contributed by atoms with Crippen LogP contribution in [0.25, 0.3) is 11.4 Å². The highest BCUT2D eigenvalue weighted by Crippen LogP contribution is 2.15. The Kier molecular flexibility index (Phi) is 3.72. The average Bonchev–Trinajstić information content (AvgIpc) is 2.85. The Hall–Kier alpha value is -2.17. The van der Waals surface area contributed by atoms with Gasteiger partial charge in [-0.15, -0.1) is 0 Å². The van der Waals surface area contributed by atoms with Gasteiger partial charge in [-0.05, 0) is 6.92 Å². The fourth-order valence-electron chi connectivity index (χ4n) is 1.63. The lowest BCUT2D eigenvalue weighted by atomic mass is 10.2. The molecule has 0 saturated carbocycles. The Morgan fingerprint density at radius 1 is 1.33 bits per heavy atom. The van der Waals surface area contributed by atoms with Gasteiger partial charge in [0.25, 0.3) is 0 Å². The summed E-state index contributed by atoms with van der Waals surface area (Å²) in [5.74, 6) is 0.994. The van der Waals surface area contributed by atoms with Crippen LogP contribution in [0.3, 0.4) is 0 Å². The minimum atomic E-state index is -0.00281. The van der Waals surface area contributed by atoms with Crippen molar-refractivity contribution in [1.29, 1.82) is 0 Å². The fraction of sp³-hybridized carbons (Fsp3) is 0.308. The first kappa shape index (κ1) is 12.3. The van der Waals surface area contributed by atoms with Crippen LogP contribution >= 0.6 is 0 Å². The number of amides is 1. The molecule has 5 heteroatoms. The van der Waals surface area contributed by atoms with Gasteiger partial charge < -0.3 is 9.42 Å². The summed E-state index contributed by atoms with van der Waals surface area (Å²) in [7, 11) is 0. The predicted molar refractivity (Wildman–Crippen MR) is 66.5 cm³/mol. The van der Waals surface area contributed by atoms with Crippen LogP contribution in [0.15, 0.2) is 34.9 Å². The van der Waals surface area contributed by atoms with Crippen molar-refractivity contribution in [2.24, 2.45) is 0 Å². The smallest absolute Gasteiger partial charge is 0.246 e. The van der Waals surface area contributed by atoms with Crippen LogP contribution in [0, 0.1) is 0 Å². The van der Waals surface area contributed by atoms with Crippen LogP contribution in [0.2, 0.25) is 0 Å². The molecule has 0 fully saturated rings. The summed E-state index contributed by atoms with van der Waals surface area (Å²) < 4.78 is 5.15. The van der Waals surface area contributed by atoms with Gasteiger partial charge in [-0.25, -0.2) is 0 Å². The van der Waals surface area contributed by atoms with Gasteiger partial charge in [-0.2, -0.15) is 4.98 Å². The standard InChI is InChI=1S/C13H15N3O2/c1-3-16(10(2)17)9-12-14-13(15-18-12)11-7-5-4-6-8-11/h4-8H,3,9H2,1-2H3. The van der Waals surface area contributed by atoms with E-state index in [1.54, 1.807) is 4.90 Å². The van der Waals surface area contributed by atoms with Crippen molar-refractivity contribution >= 4 is 5.91 Å². The van der Waals surface area contributed by atoms with E-state index in [0.29, 0.717) is 24.8 Å². The molecule has 0 N–H and O–H groups in total. The molecule has 0 saturated heterocycles. The summed E-state index contributed by atoms with van der Waals surface area (Å²) in [6.07, 6.45) is 0. The molecule has 1 amide bonds. The third-order valence-corrected chi connectivity index (χ3v) is 2.65. The van der Waals surface area contributed by atoms with Gasteiger partial charge in [-0.1, -0.05) is 35.5 Å². The Labute approximate surface area is 105 Å². The summed E-state index contributed by atoms with van der Waals surface area (Å²) >= 11 is 0. The first-order valence-electron chi connectivity index (χ1n) is 5.84. The van der Waals surface area contributed by atoms with Crippen molar-refractivity contribution in [2.45, 2.75) is 20.4 Å². The molecule has 94 valence electrons. The van der Waals surface area contributed by atoms with Gasteiger partial charge in [0.15, 0.2) is 0 Å². The lowest BCUT2D eigenvalue weighted by Gasteiger charge is -2.15. The number of hydrogen-bond acceptors (Lipinski definition) is 4. The van der Waals surface area contributed by atoms with Crippen molar-refractivity contribution in [1.82, 2.24) is 15.0 Å². The number of benzene rings is 1. The van der Waals surface area contributed by atoms with Crippen molar-refractivity contribution in [3.8, 4) is 11.4 Å². The maximum absolute atomic E-state index is 11.3. The largest absolute Gasteiger partial charge is 0.337 e. The molecule has 1 heterocycles. The van der Waals surface area contributed by atoms with Gasteiger partial charge in [0.1, 0.15) is 0 Å². The second-order valence-corrected chi connectivity index (χ2v) is 3.91.